The van der Waals surface area contributed by atoms with Crippen molar-refractivity contribution in [3.63, 3.8) is 0 Å². The summed E-state index contributed by atoms with van der Waals surface area (Å²) in [7, 11) is 0. The third-order valence-electron chi connectivity index (χ3n) is 2.49. The maximum atomic E-state index is 13.0. The zero-order chi connectivity index (χ0) is 13.1. The Hall–Kier alpha value is -2.72. The van der Waals surface area contributed by atoms with Crippen molar-refractivity contribution in [2.75, 3.05) is 0 Å². The van der Waals surface area contributed by atoms with E-state index < -0.39 is 11.6 Å². The van der Waals surface area contributed by atoms with Crippen molar-refractivity contribution in [3.05, 3.63) is 59.2 Å². The van der Waals surface area contributed by atoms with Crippen LogP contribution in [-0.2, 0) is 0 Å². The molecular formula is C14H6F2N2. The zero-order valence-corrected chi connectivity index (χ0v) is 9.11. The van der Waals surface area contributed by atoms with Crippen LogP contribution in [0.5, 0.6) is 0 Å². The van der Waals surface area contributed by atoms with Crippen molar-refractivity contribution >= 4 is 0 Å². The second-order valence-electron chi connectivity index (χ2n) is 3.60. The largest absolute Gasteiger partial charge is 0.207 e. The molecule has 0 aliphatic heterocycles. The molecule has 0 saturated carbocycles. The monoisotopic (exact) mass is 240 g/mol. The van der Waals surface area contributed by atoms with Gasteiger partial charge in [-0.05, 0) is 24.3 Å². The summed E-state index contributed by atoms with van der Waals surface area (Å²) >= 11 is 0. The Bertz CT molecular complexity index is 632. The van der Waals surface area contributed by atoms with E-state index in [0.29, 0.717) is 11.1 Å². The minimum atomic E-state index is -0.532. The molecule has 4 heteroatoms. The van der Waals surface area contributed by atoms with E-state index in [9.17, 15) is 8.78 Å². The molecule has 0 unspecified atom stereocenters. The molecule has 0 bridgehead atoms. The Labute approximate surface area is 102 Å². The van der Waals surface area contributed by atoms with Gasteiger partial charge in [0.2, 0.25) is 0 Å². The summed E-state index contributed by atoms with van der Waals surface area (Å²) < 4.78 is 26.0. The third kappa shape index (κ3) is 2.05. The molecule has 2 aromatic rings. The molecule has 0 fully saturated rings. The highest BCUT2D eigenvalue weighted by Gasteiger charge is 2.11. The molecule has 0 N–H and O–H groups in total. The molecule has 0 amide bonds. The maximum absolute atomic E-state index is 13.0. The lowest BCUT2D eigenvalue weighted by molar-refractivity contribution is 0.626. The van der Waals surface area contributed by atoms with Gasteiger partial charge < -0.3 is 0 Å². The Morgan fingerprint density at radius 3 is 1.44 bits per heavy atom. The fourth-order valence-electron chi connectivity index (χ4n) is 1.69. The zero-order valence-electron chi connectivity index (χ0n) is 9.11. The summed E-state index contributed by atoms with van der Waals surface area (Å²) in [5.41, 5.74) is 1.04. The first-order valence-electron chi connectivity index (χ1n) is 5.05. The Morgan fingerprint density at radius 1 is 0.722 bits per heavy atom. The minimum Gasteiger partial charge on any atom is -0.207 e. The van der Waals surface area contributed by atoms with Gasteiger partial charge in [0.25, 0.3) is 0 Å². The molecule has 2 aromatic carbocycles. The predicted octanol–water partition coefficient (Wildman–Crippen LogP) is 3.38. The van der Waals surface area contributed by atoms with Crippen molar-refractivity contribution < 1.29 is 8.78 Å². The lowest BCUT2D eigenvalue weighted by Gasteiger charge is -2.06. The average Bonchev–Trinajstić information content (AvgIpc) is 2.38. The molecule has 0 aliphatic rings. The highest BCUT2D eigenvalue weighted by Crippen LogP contribution is 2.27. The summed E-state index contributed by atoms with van der Waals surface area (Å²) in [4.78, 5) is 0. The van der Waals surface area contributed by atoms with E-state index in [1.54, 1.807) is 0 Å². The summed E-state index contributed by atoms with van der Waals surface area (Å²) in [6.07, 6.45) is 0. The predicted molar refractivity (Wildman–Crippen MR) is 61.2 cm³/mol. The van der Waals surface area contributed by atoms with Gasteiger partial charge in [-0.15, -0.1) is 0 Å². The molecule has 18 heavy (non-hydrogen) atoms. The van der Waals surface area contributed by atoms with Gasteiger partial charge in [-0.25, -0.2) is 8.78 Å². The minimum absolute atomic E-state index is 0.109. The molecule has 0 aliphatic carbocycles. The van der Waals surface area contributed by atoms with E-state index in [4.69, 9.17) is 10.5 Å². The van der Waals surface area contributed by atoms with Gasteiger partial charge in [-0.3, -0.25) is 0 Å². The summed E-state index contributed by atoms with van der Waals surface area (Å²) in [6, 6.07) is 11.1. The molecule has 0 saturated heterocycles. The number of hydrogen-bond acceptors (Lipinski definition) is 2. The van der Waals surface area contributed by atoms with Crippen molar-refractivity contribution in [3.8, 4) is 23.3 Å². The van der Waals surface area contributed by atoms with Crippen LogP contribution in [0.15, 0.2) is 36.4 Å². The number of rotatable bonds is 1. The number of nitriles is 2. The smallest absolute Gasteiger partial charge is 0.124 e. The SMILES string of the molecule is N#Cc1cc(F)ccc1-c1ccc(F)cc1C#N. The highest BCUT2D eigenvalue weighted by atomic mass is 19.1. The third-order valence-corrected chi connectivity index (χ3v) is 2.49. The second-order valence-corrected chi connectivity index (χ2v) is 3.60. The van der Waals surface area contributed by atoms with Crippen LogP contribution in [0.1, 0.15) is 11.1 Å². The van der Waals surface area contributed by atoms with Crippen molar-refractivity contribution in [1.29, 1.82) is 10.5 Å². The molecule has 0 aromatic heterocycles. The van der Waals surface area contributed by atoms with Crippen LogP contribution < -0.4 is 0 Å². The molecule has 2 nitrogen and oxygen atoms in total. The van der Waals surface area contributed by atoms with Crippen LogP contribution >= 0.6 is 0 Å². The highest BCUT2D eigenvalue weighted by molar-refractivity contribution is 5.75. The van der Waals surface area contributed by atoms with Crippen LogP contribution in [0, 0.1) is 34.3 Å². The maximum Gasteiger partial charge on any atom is 0.124 e. The quantitative estimate of drug-likeness (QED) is 0.767. The van der Waals surface area contributed by atoms with Gasteiger partial charge in [-0.1, -0.05) is 12.1 Å². The van der Waals surface area contributed by atoms with Crippen LogP contribution in [-0.4, -0.2) is 0 Å². The van der Waals surface area contributed by atoms with Gasteiger partial charge in [0.15, 0.2) is 0 Å². The van der Waals surface area contributed by atoms with E-state index in [1.807, 2.05) is 12.1 Å². The molecule has 0 radical (unpaired) electrons. The summed E-state index contributed by atoms with van der Waals surface area (Å²) in [5, 5.41) is 17.9. The first-order chi connectivity index (χ1) is 8.65. The average molecular weight is 240 g/mol. The lowest BCUT2D eigenvalue weighted by Crippen LogP contribution is -1.91. The van der Waals surface area contributed by atoms with E-state index in [2.05, 4.69) is 0 Å². The van der Waals surface area contributed by atoms with Crippen LogP contribution in [0.25, 0.3) is 11.1 Å². The van der Waals surface area contributed by atoms with Gasteiger partial charge >= 0.3 is 0 Å². The molecular weight excluding hydrogens is 234 g/mol. The first kappa shape index (κ1) is 11.8. The van der Waals surface area contributed by atoms with Crippen LogP contribution in [0.3, 0.4) is 0 Å². The standard InChI is InChI=1S/C14H6F2N2/c15-11-1-3-13(9(5-11)7-17)14-4-2-12(16)6-10(14)8-18/h1-6H. The fourth-order valence-corrected chi connectivity index (χ4v) is 1.69. The van der Waals surface area contributed by atoms with Crippen molar-refractivity contribution in [2.24, 2.45) is 0 Å². The van der Waals surface area contributed by atoms with E-state index in [1.165, 1.54) is 24.3 Å². The molecule has 0 atom stereocenters. The van der Waals surface area contributed by atoms with Crippen LogP contribution in [0.4, 0.5) is 8.78 Å². The molecule has 2 rings (SSSR count). The van der Waals surface area contributed by atoms with Gasteiger partial charge in [0, 0.05) is 11.1 Å². The topological polar surface area (TPSA) is 47.6 Å². The van der Waals surface area contributed by atoms with Gasteiger partial charge in [0.05, 0.1) is 23.3 Å². The van der Waals surface area contributed by atoms with E-state index in [-0.39, 0.29) is 11.1 Å². The Kier molecular flexibility index (Phi) is 3.03. The van der Waals surface area contributed by atoms with Gasteiger partial charge in [0.1, 0.15) is 11.6 Å². The number of nitrogens with zero attached hydrogens (tertiary/aromatic N) is 2. The number of halogens is 2. The summed E-state index contributed by atoms with van der Waals surface area (Å²) in [5.74, 6) is -1.06. The van der Waals surface area contributed by atoms with E-state index >= 15 is 0 Å². The van der Waals surface area contributed by atoms with E-state index in [0.717, 1.165) is 12.1 Å². The lowest BCUT2D eigenvalue weighted by atomic mass is 9.96. The fraction of sp³-hybridized carbons (Fsp3) is 0. The van der Waals surface area contributed by atoms with Crippen LogP contribution in [0.2, 0.25) is 0 Å². The van der Waals surface area contributed by atoms with Gasteiger partial charge in [-0.2, -0.15) is 10.5 Å². The summed E-state index contributed by atoms with van der Waals surface area (Å²) in [6.45, 7) is 0. The number of benzene rings is 2. The molecule has 0 spiro atoms. The normalized spacial score (nSPS) is 9.56. The Balaban J connectivity index is 2.71. The van der Waals surface area contributed by atoms with Crippen molar-refractivity contribution in [1.82, 2.24) is 0 Å². The van der Waals surface area contributed by atoms with Crippen molar-refractivity contribution in [2.45, 2.75) is 0 Å². The molecule has 86 valence electrons. The Morgan fingerprint density at radius 2 is 1.11 bits per heavy atom. The first-order valence-corrected chi connectivity index (χ1v) is 5.05. The number of hydrogen-bond donors (Lipinski definition) is 0. The molecule has 0 heterocycles. The second kappa shape index (κ2) is 4.65.